The zero-order valence-electron chi connectivity index (χ0n) is 11.4. The lowest BCUT2D eigenvalue weighted by atomic mass is 9.99. The van der Waals surface area contributed by atoms with Gasteiger partial charge in [0, 0.05) is 0 Å². The maximum atomic E-state index is 12.2. The summed E-state index contributed by atoms with van der Waals surface area (Å²) in [6.45, 7) is 1.64. The molecule has 0 saturated carbocycles. The predicted molar refractivity (Wildman–Crippen MR) is 73.0 cm³/mol. The van der Waals surface area contributed by atoms with Crippen molar-refractivity contribution in [3.05, 3.63) is 64.7 Å². The molecule has 0 fully saturated rings. The molecule has 2 aromatic rings. The Hall–Kier alpha value is -2.01. The van der Waals surface area contributed by atoms with E-state index < -0.39 is 6.36 Å². The van der Waals surface area contributed by atoms with Gasteiger partial charge >= 0.3 is 6.36 Å². The van der Waals surface area contributed by atoms with Crippen LogP contribution in [0.25, 0.3) is 0 Å². The molecule has 0 unspecified atom stereocenters. The quantitative estimate of drug-likeness (QED) is 0.925. The summed E-state index contributed by atoms with van der Waals surface area (Å²) in [5, 5.41) is 9.33. The van der Waals surface area contributed by atoms with Gasteiger partial charge in [-0.25, -0.2) is 0 Å². The largest absolute Gasteiger partial charge is 0.573 e. The highest BCUT2D eigenvalue weighted by atomic mass is 19.4. The van der Waals surface area contributed by atoms with Crippen LogP contribution in [0.1, 0.15) is 22.3 Å². The summed E-state index contributed by atoms with van der Waals surface area (Å²) in [5.74, 6) is -0.320. The SMILES string of the molecule is Cc1ccc(Cc2ccc(OC(F)(F)F)cc2CO)cc1. The van der Waals surface area contributed by atoms with Crippen molar-refractivity contribution < 1.29 is 23.0 Å². The zero-order chi connectivity index (χ0) is 15.5. The Morgan fingerprint density at radius 3 is 2.24 bits per heavy atom. The molecule has 0 aliphatic heterocycles. The van der Waals surface area contributed by atoms with Crippen molar-refractivity contribution in [1.82, 2.24) is 0 Å². The predicted octanol–water partition coefficient (Wildman–Crippen LogP) is 3.98. The standard InChI is InChI=1S/C16H15F3O2/c1-11-2-4-12(5-3-11)8-13-6-7-15(9-14(13)10-20)21-16(17,18)19/h2-7,9,20H,8,10H2,1H3. The van der Waals surface area contributed by atoms with Crippen LogP contribution in [0.4, 0.5) is 13.2 Å². The number of hydrogen-bond acceptors (Lipinski definition) is 2. The highest BCUT2D eigenvalue weighted by molar-refractivity contribution is 5.38. The second kappa shape index (κ2) is 6.18. The smallest absolute Gasteiger partial charge is 0.406 e. The van der Waals surface area contributed by atoms with Crippen molar-refractivity contribution in [2.24, 2.45) is 0 Å². The summed E-state index contributed by atoms with van der Waals surface area (Å²) in [7, 11) is 0. The Bertz CT molecular complexity index is 604. The van der Waals surface area contributed by atoms with Gasteiger partial charge in [0.15, 0.2) is 0 Å². The van der Waals surface area contributed by atoms with Gasteiger partial charge in [-0.1, -0.05) is 35.9 Å². The maximum Gasteiger partial charge on any atom is 0.573 e. The van der Waals surface area contributed by atoms with Crippen LogP contribution in [-0.4, -0.2) is 11.5 Å². The first-order valence-electron chi connectivity index (χ1n) is 6.41. The fourth-order valence-corrected chi connectivity index (χ4v) is 2.04. The first-order valence-corrected chi connectivity index (χ1v) is 6.41. The molecule has 5 heteroatoms. The molecule has 0 atom stereocenters. The van der Waals surface area contributed by atoms with Gasteiger partial charge in [0.05, 0.1) is 6.61 Å². The molecule has 0 aliphatic carbocycles. The van der Waals surface area contributed by atoms with Crippen molar-refractivity contribution in [2.45, 2.75) is 26.3 Å². The molecule has 2 rings (SSSR count). The van der Waals surface area contributed by atoms with Crippen LogP contribution < -0.4 is 4.74 Å². The number of aliphatic hydroxyl groups excluding tert-OH is 1. The van der Waals surface area contributed by atoms with E-state index in [0.717, 1.165) is 16.7 Å². The molecular weight excluding hydrogens is 281 g/mol. The molecule has 21 heavy (non-hydrogen) atoms. The minimum Gasteiger partial charge on any atom is -0.406 e. The monoisotopic (exact) mass is 296 g/mol. The number of rotatable bonds is 4. The van der Waals surface area contributed by atoms with Crippen LogP contribution in [0.5, 0.6) is 5.75 Å². The first kappa shape index (κ1) is 15.4. The fourth-order valence-electron chi connectivity index (χ4n) is 2.04. The minimum atomic E-state index is -4.73. The lowest BCUT2D eigenvalue weighted by Gasteiger charge is -2.13. The van der Waals surface area contributed by atoms with Gasteiger partial charge in [-0.3, -0.25) is 0 Å². The van der Waals surface area contributed by atoms with Gasteiger partial charge in [-0.05, 0) is 42.2 Å². The van der Waals surface area contributed by atoms with Crippen LogP contribution in [-0.2, 0) is 13.0 Å². The molecule has 0 amide bonds. The normalized spacial score (nSPS) is 11.5. The van der Waals surface area contributed by atoms with E-state index in [1.807, 2.05) is 31.2 Å². The van der Waals surface area contributed by atoms with Crippen molar-refractivity contribution >= 4 is 0 Å². The summed E-state index contributed by atoms with van der Waals surface area (Å²) in [6.07, 6.45) is -4.19. The van der Waals surface area contributed by atoms with E-state index in [4.69, 9.17) is 0 Å². The summed E-state index contributed by atoms with van der Waals surface area (Å²) in [6, 6.07) is 11.9. The molecule has 0 aliphatic rings. The summed E-state index contributed by atoms with van der Waals surface area (Å²) < 4.78 is 40.4. The molecule has 1 N–H and O–H groups in total. The van der Waals surface area contributed by atoms with E-state index in [-0.39, 0.29) is 12.4 Å². The zero-order valence-corrected chi connectivity index (χ0v) is 11.4. The van der Waals surface area contributed by atoms with Crippen LogP contribution in [0.15, 0.2) is 42.5 Å². The number of aliphatic hydroxyl groups is 1. The van der Waals surface area contributed by atoms with Gasteiger partial charge < -0.3 is 9.84 Å². The first-order chi connectivity index (χ1) is 9.87. The average Bonchev–Trinajstić information content (AvgIpc) is 2.41. The molecule has 112 valence electrons. The Balaban J connectivity index is 2.22. The summed E-state index contributed by atoms with van der Waals surface area (Å²) in [5.41, 5.74) is 3.36. The topological polar surface area (TPSA) is 29.5 Å². The molecule has 0 saturated heterocycles. The maximum absolute atomic E-state index is 12.2. The molecule has 0 bridgehead atoms. The minimum absolute atomic E-state index is 0.320. The number of aryl methyl sites for hydroxylation is 1. The van der Waals surface area contributed by atoms with Crippen LogP contribution in [0, 0.1) is 6.92 Å². The highest BCUT2D eigenvalue weighted by Gasteiger charge is 2.31. The van der Waals surface area contributed by atoms with Crippen molar-refractivity contribution in [3.8, 4) is 5.75 Å². The number of halogens is 3. The summed E-state index contributed by atoms with van der Waals surface area (Å²) in [4.78, 5) is 0. The lowest BCUT2D eigenvalue weighted by molar-refractivity contribution is -0.274. The highest BCUT2D eigenvalue weighted by Crippen LogP contribution is 2.26. The van der Waals surface area contributed by atoms with Gasteiger partial charge in [-0.15, -0.1) is 13.2 Å². The second-order valence-electron chi connectivity index (χ2n) is 4.80. The van der Waals surface area contributed by atoms with E-state index in [0.29, 0.717) is 12.0 Å². The third-order valence-corrected chi connectivity index (χ3v) is 3.10. The molecular formula is C16H15F3O2. The van der Waals surface area contributed by atoms with Crippen molar-refractivity contribution in [1.29, 1.82) is 0 Å². The number of alkyl halides is 3. The Kier molecular flexibility index (Phi) is 4.53. The molecule has 0 heterocycles. The fraction of sp³-hybridized carbons (Fsp3) is 0.250. The van der Waals surface area contributed by atoms with E-state index in [1.165, 1.54) is 12.1 Å². The molecule has 0 aromatic heterocycles. The number of ether oxygens (including phenoxy) is 1. The van der Waals surface area contributed by atoms with Gasteiger partial charge in [-0.2, -0.15) is 0 Å². The van der Waals surface area contributed by atoms with Crippen molar-refractivity contribution in [3.63, 3.8) is 0 Å². The molecule has 2 nitrogen and oxygen atoms in total. The van der Waals surface area contributed by atoms with Crippen LogP contribution in [0.3, 0.4) is 0 Å². The van der Waals surface area contributed by atoms with Crippen molar-refractivity contribution in [2.75, 3.05) is 0 Å². The van der Waals surface area contributed by atoms with Crippen LogP contribution in [0.2, 0.25) is 0 Å². The average molecular weight is 296 g/mol. The van der Waals surface area contributed by atoms with Gasteiger partial charge in [0.25, 0.3) is 0 Å². The lowest BCUT2D eigenvalue weighted by Crippen LogP contribution is -2.17. The number of benzene rings is 2. The van der Waals surface area contributed by atoms with E-state index in [2.05, 4.69) is 4.74 Å². The van der Waals surface area contributed by atoms with Gasteiger partial charge in [0.2, 0.25) is 0 Å². The Morgan fingerprint density at radius 2 is 1.67 bits per heavy atom. The van der Waals surface area contributed by atoms with Gasteiger partial charge in [0.1, 0.15) is 5.75 Å². The Morgan fingerprint density at radius 1 is 1.00 bits per heavy atom. The number of hydrogen-bond donors (Lipinski definition) is 1. The van der Waals surface area contributed by atoms with Crippen LogP contribution >= 0.6 is 0 Å². The second-order valence-corrected chi connectivity index (χ2v) is 4.80. The molecule has 0 radical (unpaired) electrons. The third-order valence-electron chi connectivity index (χ3n) is 3.10. The van der Waals surface area contributed by atoms with E-state index >= 15 is 0 Å². The summed E-state index contributed by atoms with van der Waals surface area (Å²) >= 11 is 0. The van der Waals surface area contributed by atoms with E-state index in [9.17, 15) is 18.3 Å². The van der Waals surface area contributed by atoms with E-state index in [1.54, 1.807) is 6.07 Å². The molecule has 2 aromatic carbocycles. The third kappa shape index (κ3) is 4.49. The Labute approximate surface area is 120 Å². The molecule has 0 spiro atoms.